The number of nitrogens with zero attached hydrogens (tertiary/aromatic N) is 3. The van der Waals surface area contributed by atoms with Crippen LogP contribution < -0.4 is 16.0 Å². The smallest absolute Gasteiger partial charge is 0.227 e. The summed E-state index contributed by atoms with van der Waals surface area (Å²) in [6.07, 6.45) is 10.3. The molecule has 7 heteroatoms. The predicted octanol–water partition coefficient (Wildman–Crippen LogP) is 5.24. The van der Waals surface area contributed by atoms with Crippen molar-refractivity contribution in [1.82, 2.24) is 9.80 Å². The normalized spacial score (nSPS) is 23.9. The van der Waals surface area contributed by atoms with Gasteiger partial charge in [0.1, 0.15) is 0 Å². The molecule has 1 heterocycles. The van der Waals surface area contributed by atoms with E-state index in [2.05, 4.69) is 69.5 Å². The molecule has 3 N–H and O–H groups in total. The van der Waals surface area contributed by atoms with E-state index in [1.807, 2.05) is 0 Å². The number of nitrogens with one attached hydrogen (secondary N) is 1. The highest BCUT2D eigenvalue weighted by Gasteiger charge is 2.37. The van der Waals surface area contributed by atoms with Gasteiger partial charge in [-0.3, -0.25) is 9.59 Å². The Labute approximate surface area is 245 Å². The fraction of sp³-hybridized carbons (Fsp3) is 0.588. The summed E-state index contributed by atoms with van der Waals surface area (Å²) >= 11 is 0. The van der Waals surface area contributed by atoms with Crippen molar-refractivity contribution in [3.05, 3.63) is 48.0 Å². The van der Waals surface area contributed by atoms with E-state index in [0.29, 0.717) is 12.5 Å². The Morgan fingerprint density at radius 2 is 1.56 bits per heavy atom. The average molecular weight is 558 g/mol. The number of hydrogen-bond acceptors (Lipinski definition) is 5. The minimum atomic E-state index is 0.117. The second-order valence-corrected chi connectivity index (χ2v) is 13.0. The quantitative estimate of drug-likeness (QED) is 0.464. The topological polar surface area (TPSA) is 81.9 Å². The highest BCUT2D eigenvalue weighted by atomic mass is 16.2. The fourth-order valence-electron chi connectivity index (χ4n) is 6.97. The maximum Gasteiger partial charge on any atom is 0.227 e. The fourth-order valence-corrected chi connectivity index (χ4v) is 6.97. The molecule has 0 spiro atoms. The molecule has 2 amide bonds. The molecule has 4 aliphatic rings. The van der Waals surface area contributed by atoms with Crippen molar-refractivity contribution in [2.45, 2.75) is 82.8 Å². The van der Waals surface area contributed by atoms with Gasteiger partial charge in [0.2, 0.25) is 11.8 Å². The molecule has 41 heavy (non-hydrogen) atoms. The highest BCUT2D eigenvalue weighted by Crippen LogP contribution is 2.36. The minimum Gasteiger partial charge on any atom is -0.367 e. The second-order valence-electron chi connectivity index (χ2n) is 13.0. The van der Waals surface area contributed by atoms with Crippen LogP contribution in [0.2, 0.25) is 0 Å². The van der Waals surface area contributed by atoms with Crippen molar-refractivity contribution in [3.8, 4) is 11.1 Å². The van der Waals surface area contributed by atoms with Crippen molar-refractivity contribution in [3.63, 3.8) is 0 Å². The molecule has 2 aromatic rings. The van der Waals surface area contributed by atoms with Crippen LogP contribution in [0.5, 0.6) is 0 Å². The van der Waals surface area contributed by atoms with Crippen LogP contribution in [0.15, 0.2) is 42.5 Å². The van der Waals surface area contributed by atoms with Crippen LogP contribution in [0.25, 0.3) is 11.1 Å². The summed E-state index contributed by atoms with van der Waals surface area (Å²) in [5.74, 6) is 0.808. The number of anilines is 2. The van der Waals surface area contributed by atoms with Crippen molar-refractivity contribution in [2.24, 2.45) is 17.6 Å². The van der Waals surface area contributed by atoms with Crippen molar-refractivity contribution in [1.29, 1.82) is 0 Å². The number of amides is 2. The molecule has 7 nitrogen and oxygen atoms in total. The highest BCUT2D eigenvalue weighted by molar-refractivity contribution is 5.97. The van der Waals surface area contributed by atoms with Gasteiger partial charge in [0, 0.05) is 56.6 Å². The van der Waals surface area contributed by atoms with Gasteiger partial charge in [-0.15, -0.1) is 0 Å². The molecule has 220 valence electrons. The number of rotatable bonds is 8. The summed E-state index contributed by atoms with van der Waals surface area (Å²) < 4.78 is 0. The molecule has 3 saturated carbocycles. The zero-order chi connectivity index (χ0) is 28.3. The molecule has 6 rings (SSSR count). The van der Waals surface area contributed by atoms with Gasteiger partial charge in [-0.05, 0) is 93.3 Å². The molecule has 0 aromatic heterocycles. The van der Waals surface area contributed by atoms with E-state index in [1.54, 1.807) is 0 Å². The largest absolute Gasteiger partial charge is 0.367 e. The van der Waals surface area contributed by atoms with Gasteiger partial charge in [-0.2, -0.15) is 0 Å². The number of piperazine rings is 1. The minimum absolute atomic E-state index is 0.117. The number of likely N-dealkylation sites (N-methyl/N-ethyl adjacent to an activating group) is 1. The molecule has 0 atom stereocenters. The van der Waals surface area contributed by atoms with Gasteiger partial charge in [0.25, 0.3) is 0 Å². The molecule has 0 radical (unpaired) electrons. The molecule has 0 bridgehead atoms. The van der Waals surface area contributed by atoms with Gasteiger partial charge in [0.05, 0.1) is 11.4 Å². The van der Waals surface area contributed by atoms with Crippen LogP contribution in [-0.4, -0.2) is 66.9 Å². The van der Waals surface area contributed by atoms with Crippen molar-refractivity contribution >= 4 is 23.2 Å². The average Bonchev–Trinajstić information content (AvgIpc) is 3.69. The first kappa shape index (κ1) is 28.2. The van der Waals surface area contributed by atoms with Gasteiger partial charge in [-0.25, -0.2) is 0 Å². The van der Waals surface area contributed by atoms with E-state index < -0.39 is 0 Å². The summed E-state index contributed by atoms with van der Waals surface area (Å²) in [4.78, 5) is 33.5. The lowest BCUT2D eigenvalue weighted by Crippen LogP contribution is -2.44. The van der Waals surface area contributed by atoms with Crippen LogP contribution in [0.3, 0.4) is 0 Å². The standard InChI is InChI=1S/C34H47N5O2/c1-37-17-19-38(20-18-37)32-16-11-28(22-31(32)36-33(40)25-6-2-3-7-25)27-8-4-5-24(21-27)23-39(34(41)26-9-10-26)30-14-12-29(35)13-15-30/h4-5,8,11,16,21-22,25-26,29-30H,2-3,6-7,9-10,12-15,17-20,23,35H2,1H3,(H,36,40). The number of hydrogen-bond donors (Lipinski definition) is 2. The molecule has 2 aromatic carbocycles. The lowest BCUT2D eigenvalue weighted by atomic mass is 9.90. The maximum absolute atomic E-state index is 13.4. The molecule has 1 saturated heterocycles. The van der Waals surface area contributed by atoms with E-state index in [9.17, 15) is 9.59 Å². The second kappa shape index (κ2) is 12.5. The van der Waals surface area contributed by atoms with Crippen molar-refractivity contribution < 1.29 is 9.59 Å². The Morgan fingerprint density at radius 3 is 2.27 bits per heavy atom. The number of carbonyl (C=O) groups excluding carboxylic acids is 2. The molecule has 3 aliphatic carbocycles. The Morgan fingerprint density at radius 1 is 0.854 bits per heavy atom. The summed E-state index contributed by atoms with van der Waals surface area (Å²) in [5.41, 5.74) is 11.6. The van der Waals surface area contributed by atoms with E-state index in [0.717, 1.165) is 118 Å². The monoisotopic (exact) mass is 557 g/mol. The Hall–Kier alpha value is -2.90. The van der Waals surface area contributed by atoms with Crippen LogP contribution in [-0.2, 0) is 16.1 Å². The van der Waals surface area contributed by atoms with E-state index in [1.165, 1.54) is 0 Å². The van der Waals surface area contributed by atoms with Gasteiger partial charge in [0.15, 0.2) is 0 Å². The lowest BCUT2D eigenvalue weighted by molar-refractivity contribution is -0.136. The third-order valence-electron chi connectivity index (χ3n) is 9.83. The molecule has 1 aliphatic heterocycles. The Balaban J connectivity index is 1.25. The van der Waals surface area contributed by atoms with Crippen LogP contribution in [0.4, 0.5) is 11.4 Å². The number of benzene rings is 2. The third kappa shape index (κ3) is 6.78. The SMILES string of the molecule is CN1CCN(c2ccc(-c3cccc(CN(C(=O)C4CC4)C4CCC(N)CC4)c3)cc2NC(=O)C2CCCC2)CC1. The summed E-state index contributed by atoms with van der Waals surface area (Å²) in [7, 11) is 2.17. The Kier molecular flexibility index (Phi) is 8.63. The summed E-state index contributed by atoms with van der Waals surface area (Å²) in [6, 6.07) is 15.7. The van der Waals surface area contributed by atoms with E-state index in [-0.39, 0.29) is 29.8 Å². The van der Waals surface area contributed by atoms with Crippen LogP contribution in [0.1, 0.15) is 69.8 Å². The summed E-state index contributed by atoms with van der Waals surface area (Å²) in [6.45, 7) is 4.59. The van der Waals surface area contributed by atoms with E-state index >= 15 is 0 Å². The lowest BCUT2D eigenvalue weighted by Gasteiger charge is -2.36. The van der Waals surface area contributed by atoms with Crippen molar-refractivity contribution in [2.75, 3.05) is 43.4 Å². The number of carbonyl (C=O) groups is 2. The predicted molar refractivity (Wildman–Crippen MR) is 166 cm³/mol. The van der Waals surface area contributed by atoms with Crippen LogP contribution >= 0.6 is 0 Å². The third-order valence-corrected chi connectivity index (χ3v) is 9.83. The van der Waals surface area contributed by atoms with Gasteiger partial charge >= 0.3 is 0 Å². The maximum atomic E-state index is 13.4. The van der Waals surface area contributed by atoms with Gasteiger partial charge in [-0.1, -0.05) is 37.1 Å². The first-order valence-electron chi connectivity index (χ1n) is 16.0. The zero-order valence-electron chi connectivity index (χ0n) is 24.7. The molecular formula is C34H47N5O2. The first-order valence-corrected chi connectivity index (χ1v) is 16.0. The molecule has 0 unspecified atom stereocenters. The zero-order valence-corrected chi connectivity index (χ0v) is 24.7. The van der Waals surface area contributed by atoms with E-state index in [4.69, 9.17) is 5.73 Å². The molecule has 4 fully saturated rings. The first-order chi connectivity index (χ1) is 19.9. The van der Waals surface area contributed by atoms with Gasteiger partial charge < -0.3 is 25.8 Å². The molecular weight excluding hydrogens is 510 g/mol. The summed E-state index contributed by atoms with van der Waals surface area (Å²) in [5, 5.41) is 3.34. The number of nitrogens with two attached hydrogens (primary N) is 1. The Bertz CT molecular complexity index is 1220. The van der Waals surface area contributed by atoms with Crippen LogP contribution in [0, 0.1) is 11.8 Å².